The van der Waals surface area contributed by atoms with E-state index in [2.05, 4.69) is 44.2 Å². The van der Waals surface area contributed by atoms with E-state index in [0.29, 0.717) is 0 Å². The van der Waals surface area contributed by atoms with E-state index in [1.807, 2.05) is 0 Å². The molecule has 76 valence electrons. The van der Waals surface area contributed by atoms with Crippen LogP contribution in [0.2, 0.25) is 0 Å². The molecule has 0 aromatic heterocycles. The molecule has 1 nitrogen and oxygen atoms in total. The Morgan fingerprint density at radius 1 is 1.29 bits per heavy atom. The van der Waals surface area contributed by atoms with E-state index in [9.17, 15) is 0 Å². The molecule has 0 amide bonds. The second-order valence-electron chi connectivity index (χ2n) is 3.51. The van der Waals surface area contributed by atoms with Gasteiger partial charge in [0.15, 0.2) is 0 Å². The summed E-state index contributed by atoms with van der Waals surface area (Å²) in [6, 6.07) is 8.74. The summed E-state index contributed by atoms with van der Waals surface area (Å²) >= 11 is 0. The van der Waals surface area contributed by atoms with Gasteiger partial charge in [-0.05, 0) is 43.0 Å². The maximum absolute atomic E-state index is 5.46. The summed E-state index contributed by atoms with van der Waals surface area (Å²) in [6.45, 7) is 5.03. The summed E-state index contributed by atoms with van der Waals surface area (Å²) in [5, 5.41) is 0. The van der Waals surface area contributed by atoms with Gasteiger partial charge in [0.25, 0.3) is 0 Å². The van der Waals surface area contributed by atoms with Gasteiger partial charge in [-0.1, -0.05) is 37.3 Å². The van der Waals surface area contributed by atoms with E-state index in [-0.39, 0.29) is 0 Å². The van der Waals surface area contributed by atoms with Crippen molar-refractivity contribution in [3.05, 3.63) is 41.5 Å². The summed E-state index contributed by atoms with van der Waals surface area (Å²) in [4.78, 5) is 0. The minimum Gasteiger partial charge on any atom is -0.330 e. The molecule has 0 unspecified atom stereocenters. The molecule has 0 aliphatic carbocycles. The largest absolute Gasteiger partial charge is 0.330 e. The zero-order valence-electron chi connectivity index (χ0n) is 9.09. The molecule has 1 aromatic rings. The Kier molecular flexibility index (Phi) is 4.41. The van der Waals surface area contributed by atoms with Crippen LogP contribution < -0.4 is 5.73 Å². The van der Waals surface area contributed by atoms with Gasteiger partial charge in [-0.2, -0.15) is 0 Å². The van der Waals surface area contributed by atoms with Crippen molar-refractivity contribution in [1.29, 1.82) is 0 Å². The summed E-state index contributed by atoms with van der Waals surface area (Å²) in [5.74, 6) is 0. The van der Waals surface area contributed by atoms with Gasteiger partial charge in [0.05, 0.1) is 0 Å². The van der Waals surface area contributed by atoms with Crippen LogP contribution in [0.15, 0.2) is 30.3 Å². The third kappa shape index (κ3) is 3.00. The average molecular weight is 189 g/mol. The summed E-state index contributed by atoms with van der Waals surface area (Å²) in [7, 11) is 0. The molecule has 0 saturated carbocycles. The molecule has 1 rings (SSSR count). The minimum absolute atomic E-state index is 0.727. The molecule has 0 bridgehead atoms. The molecule has 14 heavy (non-hydrogen) atoms. The van der Waals surface area contributed by atoms with E-state index in [0.717, 1.165) is 19.4 Å². The highest BCUT2D eigenvalue weighted by Crippen LogP contribution is 2.15. The molecular weight excluding hydrogens is 170 g/mol. The Bertz CT molecular complexity index is 296. The number of hydrogen-bond acceptors (Lipinski definition) is 1. The van der Waals surface area contributed by atoms with Gasteiger partial charge in [-0.3, -0.25) is 0 Å². The van der Waals surface area contributed by atoms with Gasteiger partial charge < -0.3 is 5.73 Å². The Morgan fingerprint density at radius 2 is 1.93 bits per heavy atom. The highest BCUT2D eigenvalue weighted by atomic mass is 14.5. The molecular formula is C13H19N. The SMILES string of the molecule is CCc1ccc(/C(C)=C/CCN)cc1. The zero-order valence-corrected chi connectivity index (χ0v) is 9.09. The summed E-state index contributed by atoms with van der Waals surface area (Å²) < 4.78 is 0. The number of aryl methyl sites for hydroxylation is 1. The molecule has 0 aliphatic heterocycles. The quantitative estimate of drug-likeness (QED) is 0.774. The van der Waals surface area contributed by atoms with Gasteiger partial charge >= 0.3 is 0 Å². The second-order valence-corrected chi connectivity index (χ2v) is 3.51. The molecule has 1 aromatic carbocycles. The van der Waals surface area contributed by atoms with Crippen molar-refractivity contribution in [1.82, 2.24) is 0 Å². The summed E-state index contributed by atoms with van der Waals surface area (Å²) in [6.07, 6.45) is 4.26. The number of benzene rings is 1. The van der Waals surface area contributed by atoms with Crippen LogP contribution in [0.3, 0.4) is 0 Å². The first-order valence-electron chi connectivity index (χ1n) is 5.24. The molecule has 0 spiro atoms. The van der Waals surface area contributed by atoms with Gasteiger partial charge in [0.1, 0.15) is 0 Å². The van der Waals surface area contributed by atoms with Crippen molar-refractivity contribution < 1.29 is 0 Å². The van der Waals surface area contributed by atoms with Crippen molar-refractivity contribution in [2.24, 2.45) is 5.73 Å². The van der Waals surface area contributed by atoms with Crippen LogP contribution in [0.4, 0.5) is 0 Å². The third-order valence-electron chi connectivity index (χ3n) is 2.43. The first-order valence-corrected chi connectivity index (χ1v) is 5.24. The fourth-order valence-corrected chi connectivity index (χ4v) is 1.42. The lowest BCUT2D eigenvalue weighted by atomic mass is 10.0. The van der Waals surface area contributed by atoms with Crippen LogP contribution in [0.5, 0.6) is 0 Å². The third-order valence-corrected chi connectivity index (χ3v) is 2.43. The lowest BCUT2D eigenvalue weighted by Gasteiger charge is -2.02. The number of hydrogen-bond donors (Lipinski definition) is 1. The zero-order chi connectivity index (χ0) is 10.4. The van der Waals surface area contributed by atoms with Gasteiger partial charge in [-0.15, -0.1) is 0 Å². The molecule has 0 heterocycles. The molecule has 0 aliphatic rings. The van der Waals surface area contributed by atoms with Gasteiger partial charge in [0.2, 0.25) is 0 Å². The first-order chi connectivity index (χ1) is 6.77. The van der Waals surface area contributed by atoms with Gasteiger partial charge in [0, 0.05) is 0 Å². The molecule has 0 atom stereocenters. The predicted octanol–water partition coefficient (Wildman–Crippen LogP) is 3.00. The van der Waals surface area contributed by atoms with E-state index in [4.69, 9.17) is 5.73 Å². The summed E-state index contributed by atoms with van der Waals surface area (Å²) in [5.41, 5.74) is 9.46. The maximum Gasteiger partial charge on any atom is -0.00424 e. The van der Waals surface area contributed by atoms with Crippen LogP contribution in [0.25, 0.3) is 5.57 Å². The first kappa shape index (κ1) is 11.0. The fraction of sp³-hybridized carbons (Fsp3) is 0.385. The Morgan fingerprint density at radius 3 is 2.43 bits per heavy atom. The average Bonchev–Trinajstić information content (AvgIpc) is 2.26. The predicted molar refractivity (Wildman–Crippen MR) is 63.1 cm³/mol. The van der Waals surface area contributed by atoms with Crippen LogP contribution in [0, 0.1) is 0 Å². The van der Waals surface area contributed by atoms with Crippen LogP contribution >= 0.6 is 0 Å². The Balaban J connectivity index is 2.76. The smallest absolute Gasteiger partial charge is 0.00424 e. The highest BCUT2D eigenvalue weighted by molar-refractivity contribution is 5.63. The lowest BCUT2D eigenvalue weighted by Crippen LogP contribution is -1.95. The van der Waals surface area contributed by atoms with Gasteiger partial charge in [-0.25, -0.2) is 0 Å². The van der Waals surface area contributed by atoms with Crippen LogP contribution in [0.1, 0.15) is 31.4 Å². The minimum atomic E-state index is 0.727. The van der Waals surface area contributed by atoms with Crippen molar-refractivity contribution >= 4 is 5.57 Å². The maximum atomic E-state index is 5.46. The molecule has 1 heteroatoms. The Labute approximate surface area is 86.6 Å². The topological polar surface area (TPSA) is 26.0 Å². The molecule has 2 N–H and O–H groups in total. The van der Waals surface area contributed by atoms with E-state index < -0.39 is 0 Å². The molecule has 0 radical (unpaired) electrons. The number of nitrogens with two attached hydrogens (primary N) is 1. The molecule has 0 fully saturated rings. The van der Waals surface area contributed by atoms with Crippen molar-refractivity contribution in [3.8, 4) is 0 Å². The van der Waals surface area contributed by atoms with E-state index >= 15 is 0 Å². The second kappa shape index (κ2) is 5.61. The lowest BCUT2D eigenvalue weighted by molar-refractivity contribution is 1.01. The van der Waals surface area contributed by atoms with Crippen molar-refractivity contribution in [3.63, 3.8) is 0 Å². The normalized spacial score (nSPS) is 11.8. The standard InChI is InChI=1S/C13H19N/c1-3-12-6-8-13(9-7-12)11(2)5-4-10-14/h5-9H,3-4,10,14H2,1-2H3/b11-5+. The van der Waals surface area contributed by atoms with Crippen LogP contribution in [-0.2, 0) is 6.42 Å². The number of allylic oxidation sites excluding steroid dienone is 1. The molecule has 0 saturated heterocycles. The monoisotopic (exact) mass is 189 g/mol. The van der Waals surface area contributed by atoms with Crippen LogP contribution in [-0.4, -0.2) is 6.54 Å². The Hall–Kier alpha value is -1.08. The van der Waals surface area contributed by atoms with E-state index in [1.165, 1.54) is 16.7 Å². The van der Waals surface area contributed by atoms with Crippen molar-refractivity contribution in [2.75, 3.05) is 6.54 Å². The highest BCUT2D eigenvalue weighted by Gasteiger charge is 1.94. The van der Waals surface area contributed by atoms with Crippen molar-refractivity contribution in [2.45, 2.75) is 26.7 Å². The fourth-order valence-electron chi connectivity index (χ4n) is 1.42. The number of rotatable bonds is 4. The van der Waals surface area contributed by atoms with E-state index in [1.54, 1.807) is 0 Å².